The molecular weight excluding hydrogens is 160 g/mol. The molecule has 1 aliphatic rings. The monoisotopic (exact) mass is 184 g/mol. The molecule has 78 valence electrons. The van der Waals surface area contributed by atoms with E-state index in [-0.39, 0.29) is 0 Å². The van der Waals surface area contributed by atoms with Crippen LogP contribution >= 0.6 is 0 Å². The summed E-state index contributed by atoms with van der Waals surface area (Å²) in [6.45, 7) is 4.25. The fraction of sp³-hybridized carbons (Fsp3) is 1.00. The summed E-state index contributed by atoms with van der Waals surface area (Å²) >= 11 is 0. The largest absolute Gasteiger partial charge is 0.329 e. The van der Waals surface area contributed by atoms with Crippen molar-refractivity contribution in [3.05, 3.63) is 0 Å². The van der Waals surface area contributed by atoms with Gasteiger partial charge in [-0.15, -0.1) is 0 Å². The van der Waals surface area contributed by atoms with Crippen molar-refractivity contribution in [1.29, 1.82) is 0 Å². The lowest BCUT2D eigenvalue weighted by Gasteiger charge is -2.16. The summed E-state index contributed by atoms with van der Waals surface area (Å²) in [4.78, 5) is 0. The molecule has 2 nitrogen and oxygen atoms in total. The maximum Gasteiger partial charge on any atom is 0.0190 e. The number of unbranched alkanes of at least 4 members (excludes halogenated alkanes) is 2. The summed E-state index contributed by atoms with van der Waals surface area (Å²) < 4.78 is 0. The molecule has 0 aliphatic heterocycles. The summed E-state index contributed by atoms with van der Waals surface area (Å²) in [5.41, 5.74) is 5.70. The Labute approximate surface area is 82.3 Å². The minimum Gasteiger partial charge on any atom is -0.329 e. The van der Waals surface area contributed by atoms with Crippen molar-refractivity contribution in [3.63, 3.8) is 0 Å². The van der Waals surface area contributed by atoms with Gasteiger partial charge in [-0.2, -0.15) is 0 Å². The average Bonchev–Trinajstić information content (AvgIpc) is 2.94. The molecule has 0 radical (unpaired) electrons. The molecule has 1 aliphatic carbocycles. The van der Waals surface area contributed by atoms with Crippen LogP contribution in [0.25, 0.3) is 0 Å². The minimum atomic E-state index is 0.576. The van der Waals surface area contributed by atoms with Crippen LogP contribution in [0.15, 0.2) is 0 Å². The Morgan fingerprint density at radius 3 is 2.69 bits per heavy atom. The van der Waals surface area contributed by atoms with Crippen LogP contribution in [0.1, 0.15) is 45.4 Å². The zero-order valence-electron chi connectivity index (χ0n) is 8.89. The van der Waals surface area contributed by atoms with E-state index in [4.69, 9.17) is 5.73 Å². The molecule has 13 heavy (non-hydrogen) atoms. The quantitative estimate of drug-likeness (QED) is 0.565. The Balaban J connectivity index is 1.95. The molecule has 2 heteroatoms. The van der Waals surface area contributed by atoms with Crippen LogP contribution in [0.3, 0.4) is 0 Å². The second-order valence-corrected chi connectivity index (χ2v) is 4.28. The van der Waals surface area contributed by atoms with Gasteiger partial charge in [0, 0.05) is 12.6 Å². The van der Waals surface area contributed by atoms with Gasteiger partial charge < -0.3 is 11.1 Å². The SMILES string of the molecule is CCCCCC(CN)NCC1CC1. The predicted molar refractivity (Wildman–Crippen MR) is 57.7 cm³/mol. The molecule has 0 heterocycles. The zero-order valence-corrected chi connectivity index (χ0v) is 8.89. The molecule has 1 fully saturated rings. The lowest BCUT2D eigenvalue weighted by molar-refractivity contribution is 0.456. The van der Waals surface area contributed by atoms with Gasteiger partial charge in [-0.25, -0.2) is 0 Å². The molecule has 1 saturated carbocycles. The Morgan fingerprint density at radius 1 is 1.38 bits per heavy atom. The van der Waals surface area contributed by atoms with Gasteiger partial charge >= 0.3 is 0 Å². The maximum absolute atomic E-state index is 5.70. The predicted octanol–water partition coefficient (Wildman–Crippen LogP) is 1.89. The van der Waals surface area contributed by atoms with Gasteiger partial charge in [-0.3, -0.25) is 0 Å². The lowest BCUT2D eigenvalue weighted by Crippen LogP contribution is -2.37. The van der Waals surface area contributed by atoms with E-state index in [2.05, 4.69) is 12.2 Å². The number of hydrogen-bond donors (Lipinski definition) is 2. The second kappa shape index (κ2) is 6.39. The van der Waals surface area contributed by atoms with Crippen LogP contribution in [0.4, 0.5) is 0 Å². The molecule has 0 aromatic rings. The molecular formula is C11H24N2. The summed E-state index contributed by atoms with van der Waals surface area (Å²) in [5, 5.41) is 3.57. The van der Waals surface area contributed by atoms with Crippen molar-refractivity contribution in [3.8, 4) is 0 Å². The van der Waals surface area contributed by atoms with E-state index in [0.717, 1.165) is 12.5 Å². The Morgan fingerprint density at radius 2 is 2.15 bits per heavy atom. The number of rotatable bonds is 8. The first-order valence-electron chi connectivity index (χ1n) is 5.80. The number of nitrogens with two attached hydrogens (primary N) is 1. The fourth-order valence-corrected chi connectivity index (χ4v) is 1.60. The fourth-order valence-electron chi connectivity index (χ4n) is 1.60. The van der Waals surface area contributed by atoms with Gasteiger partial charge in [0.15, 0.2) is 0 Å². The highest BCUT2D eigenvalue weighted by Crippen LogP contribution is 2.27. The molecule has 0 saturated heterocycles. The molecule has 0 amide bonds. The number of hydrogen-bond acceptors (Lipinski definition) is 2. The molecule has 3 N–H and O–H groups in total. The van der Waals surface area contributed by atoms with Gasteiger partial charge in [0.25, 0.3) is 0 Å². The molecule has 0 bridgehead atoms. The van der Waals surface area contributed by atoms with Gasteiger partial charge in [0.05, 0.1) is 0 Å². The highest BCUT2D eigenvalue weighted by molar-refractivity contribution is 4.78. The molecule has 0 aromatic heterocycles. The Hall–Kier alpha value is -0.0800. The Bertz CT molecular complexity index is 121. The van der Waals surface area contributed by atoms with E-state index in [1.54, 1.807) is 0 Å². The third-order valence-electron chi connectivity index (χ3n) is 2.83. The van der Waals surface area contributed by atoms with Gasteiger partial charge in [0.1, 0.15) is 0 Å². The van der Waals surface area contributed by atoms with Crippen molar-refractivity contribution in [2.24, 2.45) is 11.7 Å². The summed E-state index contributed by atoms with van der Waals surface area (Å²) in [5.74, 6) is 0.972. The lowest BCUT2D eigenvalue weighted by atomic mass is 10.1. The van der Waals surface area contributed by atoms with Crippen LogP contribution in [0.2, 0.25) is 0 Å². The van der Waals surface area contributed by atoms with Crippen LogP contribution < -0.4 is 11.1 Å². The van der Waals surface area contributed by atoms with E-state index in [9.17, 15) is 0 Å². The third kappa shape index (κ3) is 5.27. The van der Waals surface area contributed by atoms with Gasteiger partial charge in [-0.1, -0.05) is 26.2 Å². The summed E-state index contributed by atoms with van der Waals surface area (Å²) in [6, 6.07) is 0.576. The van der Waals surface area contributed by atoms with E-state index in [1.165, 1.54) is 45.1 Å². The van der Waals surface area contributed by atoms with Crippen molar-refractivity contribution in [2.75, 3.05) is 13.1 Å². The molecule has 0 spiro atoms. The maximum atomic E-state index is 5.70. The van der Waals surface area contributed by atoms with Gasteiger partial charge in [-0.05, 0) is 31.7 Å². The van der Waals surface area contributed by atoms with E-state index in [0.29, 0.717) is 6.04 Å². The average molecular weight is 184 g/mol. The van der Waals surface area contributed by atoms with E-state index in [1.807, 2.05) is 0 Å². The van der Waals surface area contributed by atoms with Crippen LogP contribution in [0.5, 0.6) is 0 Å². The first-order chi connectivity index (χ1) is 6.36. The van der Waals surface area contributed by atoms with Crippen molar-refractivity contribution < 1.29 is 0 Å². The van der Waals surface area contributed by atoms with Crippen LogP contribution in [-0.2, 0) is 0 Å². The first-order valence-corrected chi connectivity index (χ1v) is 5.80. The topological polar surface area (TPSA) is 38.0 Å². The van der Waals surface area contributed by atoms with Crippen LogP contribution in [0, 0.1) is 5.92 Å². The zero-order chi connectivity index (χ0) is 9.52. The minimum absolute atomic E-state index is 0.576. The van der Waals surface area contributed by atoms with E-state index >= 15 is 0 Å². The molecule has 1 rings (SSSR count). The molecule has 1 unspecified atom stereocenters. The highest BCUT2D eigenvalue weighted by Gasteiger charge is 2.21. The van der Waals surface area contributed by atoms with E-state index < -0.39 is 0 Å². The normalized spacial score (nSPS) is 18.9. The smallest absolute Gasteiger partial charge is 0.0190 e. The van der Waals surface area contributed by atoms with Crippen molar-refractivity contribution >= 4 is 0 Å². The third-order valence-corrected chi connectivity index (χ3v) is 2.83. The number of nitrogens with one attached hydrogen (secondary N) is 1. The summed E-state index contributed by atoms with van der Waals surface area (Å²) in [7, 11) is 0. The molecule has 0 aromatic carbocycles. The Kier molecular flexibility index (Phi) is 5.40. The highest BCUT2D eigenvalue weighted by atomic mass is 14.9. The van der Waals surface area contributed by atoms with Crippen LogP contribution in [-0.4, -0.2) is 19.1 Å². The van der Waals surface area contributed by atoms with Crippen molar-refractivity contribution in [2.45, 2.75) is 51.5 Å². The van der Waals surface area contributed by atoms with Crippen molar-refractivity contribution in [1.82, 2.24) is 5.32 Å². The summed E-state index contributed by atoms with van der Waals surface area (Å²) in [6.07, 6.45) is 8.10. The first kappa shape index (κ1) is 11.0. The molecule has 1 atom stereocenters. The van der Waals surface area contributed by atoms with Gasteiger partial charge in [0.2, 0.25) is 0 Å². The standard InChI is InChI=1S/C11H24N2/c1-2-3-4-5-11(8-12)13-9-10-6-7-10/h10-11,13H,2-9,12H2,1H3. The second-order valence-electron chi connectivity index (χ2n) is 4.28.